The van der Waals surface area contributed by atoms with E-state index in [2.05, 4.69) is 4.98 Å². The second kappa shape index (κ2) is 5.46. The molecule has 0 aliphatic heterocycles. The highest BCUT2D eigenvalue weighted by Crippen LogP contribution is 2.10. The molecule has 0 amide bonds. The van der Waals surface area contributed by atoms with E-state index in [-0.39, 0.29) is 23.8 Å². The van der Waals surface area contributed by atoms with Gasteiger partial charge in [-0.3, -0.25) is 9.59 Å². The van der Waals surface area contributed by atoms with Gasteiger partial charge in [-0.15, -0.1) is 0 Å². The van der Waals surface area contributed by atoms with E-state index in [1.54, 1.807) is 6.07 Å². The Morgan fingerprint density at radius 1 is 1.40 bits per heavy atom. The predicted octanol–water partition coefficient (Wildman–Crippen LogP) is 2.17. The highest BCUT2D eigenvalue weighted by Gasteiger charge is 2.07. The summed E-state index contributed by atoms with van der Waals surface area (Å²) in [5.74, 6) is -1.00. The topological polar surface area (TPSA) is 67.3 Å². The fourth-order valence-electron chi connectivity index (χ4n) is 1.12. The normalized spacial score (nSPS) is 9.93. The van der Waals surface area contributed by atoms with Crippen molar-refractivity contribution in [3.8, 4) is 0 Å². The Balaban J connectivity index is 2.50. The SMILES string of the molecule is O=C(O)CCCC(=O)c1ccnc(Cl)c1. The number of carbonyl (C=O) groups is 2. The van der Waals surface area contributed by atoms with E-state index in [4.69, 9.17) is 16.7 Å². The average Bonchev–Trinajstić information content (AvgIpc) is 2.17. The predicted molar refractivity (Wildman–Crippen MR) is 55.1 cm³/mol. The molecule has 0 atom stereocenters. The molecule has 80 valence electrons. The molecule has 4 nitrogen and oxygen atoms in total. The van der Waals surface area contributed by atoms with Crippen LogP contribution in [-0.2, 0) is 4.79 Å². The first-order valence-corrected chi connectivity index (χ1v) is 4.84. The zero-order valence-electron chi connectivity index (χ0n) is 7.94. The summed E-state index contributed by atoms with van der Waals surface area (Å²) in [6.45, 7) is 0. The number of halogens is 1. The van der Waals surface area contributed by atoms with Crippen molar-refractivity contribution in [3.63, 3.8) is 0 Å². The van der Waals surface area contributed by atoms with Crippen LogP contribution in [0, 0.1) is 0 Å². The first-order chi connectivity index (χ1) is 7.09. The molecule has 1 N–H and O–H groups in total. The first-order valence-electron chi connectivity index (χ1n) is 4.46. The third-order valence-electron chi connectivity index (χ3n) is 1.84. The minimum absolute atomic E-state index is 0.00452. The van der Waals surface area contributed by atoms with Crippen molar-refractivity contribution in [1.82, 2.24) is 4.98 Å². The highest BCUT2D eigenvalue weighted by atomic mass is 35.5. The maximum absolute atomic E-state index is 11.5. The van der Waals surface area contributed by atoms with E-state index < -0.39 is 5.97 Å². The lowest BCUT2D eigenvalue weighted by atomic mass is 10.1. The fraction of sp³-hybridized carbons (Fsp3) is 0.300. The fourth-order valence-corrected chi connectivity index (χ4v) is 1.29. The molecule has 0 fully saturated rings. The van der Waals surface area contributed by atoms with Gasteiger partial charge in [-0.25, -0.2) is 4.98 Å². The van der Waals surface area contributed by atoms with E-state index in [1.165, 1.54) is 12.3 Å². The van der Waals surface area contributed by atoms with Crippen molar-refractivity contribution in [2.75, 3.05) is 0 Å². The van der Waals surface area contributed by atoms with Crippen LogP contribution in [0.2, 0.25) is 5.15 Å². The van der Waals surface area contributed by atoms with Crippen LogP contribution < -0.4 is 0 Å². The molecule has 1 aromatic heterocycles. The molecule has 0 aromatic carbocycles. The number of hydrogen-bond donors (Lipinski definition) is 1. The molecule has 1 rings (SSSR count). The number of hydrogen-bond acceptors (Lipinski definition) is 3. The Kier molecular flexibility index (Phi) is 4.24. The van der Waals surface area contributed by atoms with Gasteiger partial charge < -0.3 is 5.11 Å². The maximum Gasteiger partial charge on any atom is 0.303 e. The number of ketones is 1. The molecule has 0 saturated carbocycles. The largest absolute Gasteiger partial charge is 0.481 e. The van der Waals surface area contributed by atoms with E-state index in [1.807, 2.05) is 0 Å². The van der Waals surface area contributed by atoms with E-state index in [9.17, 15) is 9.59 Å². The Morgan fingerprint density at radius 3 is 2.73 bits per heavy atom. The number of Topliss-reactive ketones (excluding diaryl/α,β-unsaturated/α-hetero) is 1. The summed E-state index contributed by atoms with van der Waals surface area (Å²) in [5.41, 5.74) is 0.473. The minimum Gasteiger partial charge on any atom is -0.481 e. The van der Waals surface area contributed by atoms with E-state index >= 15 is 0 Å². The highest BCUT2D eigenvalue weighted by molar-refractivity contribution is 6.29. The molecule has 1 heterocycles. The Hall–Kier alpha value is -1.42. The Morgan fingerprint density at radius 2 is 2.13 bits per heavy atom. The van der Waals surface area contributed by atoms with Crippen LogP contribution in [-0.4, -0.2) is 21.8 Å². The molecule has 0 radical (unpaired) electrons. The van der Waals surface area contributed by atoms with Gasteiger partial charge in [0.2, 0.25) is 0 Å². The van der Waals surface area contributed by atoms with Gasteiger partial charge in [0.1, 0.15) is 5.15 Å². The summed E-state index contributed by atoms with van der Waals surface area (Å²) in [6, 6.07) is 3.04. The summed E-state index contributed by atoms with van der Waals surface area (Å²) in [6.07, 6.45) is 2.01. The van der Waals surface area contributed by atoms with Crippen molar-refractivity contribution in [1.29, 1.82) is 0 Å². The maximum atomic E-state index is 11.5. The molecule has 15 heavy (non-hydrogen) atoms. The van der Waals surface area contributed by atoms with Crippen molar-refractivity contribution < 1.29 is 14.7 Å². The quantitative estimate of drug-likeness (QED) is 0.618. The Bertz CT molecular complexity index is 379. The second-order valence-corrected chi connectivity index (χ2v) is 3.42. The molecule has 0 bridgehead atoms. The van der Waals surface area contributed by atoms with Crippen LogP contribution >= 0.6 is 11.6 Å². The van der Waals surface area contributed by atoms with Crippen LogP contribution in [0.1, 0.15) is 29.6 Å². The van der Waals surface area contributed by atoms with Gasteiger partial charge >= 0.3 is 5.97 Å². The number of aliphatic carboxylic acids is 1. The molecule has 0 aliphatic rings. The lowest BCUT2D eigenvalue weighted by Crippen LogP contribution is -2.02. The van der Waals surface area contributed by atoms with E-state index in [0.717, 1.165) is 0 Å². The third kappa shape index (κ3) is 4.08. The molecule has 0 saturated heterocycles. The van der Waals surface area contributed by atoms with Crippen LogP contribution in [0.4, 0.5) is 0 Å². The molecular formula is C10H10ClNO3. The van der Waals surface area contributed by atoms with Crippen molar-refractivity contribution in [2.45, 2.75) is 19.3 Å². The molecule has 1 aromatic rings. The number of nitrogens with zero attached hydrogens (tertiary/aromatic N) is 1. The summed E-state index contributed by atoms with van der Waals surface area (Å²) >= 11 is 5.62. The summed E-state index contributed by atoms with van der Waals surface area (Å²) < 4.78 is 0. The standard InChI is InChI=1S/C10H10ClNO3/c11-9-6-7(4-5-12-9)8(13)2-1-3-10(14)15/h4-6H,1-3H2,(H,14,15). The van der Waals surface area contributed by atoms with Gasteiger partial charge in [-0.2, -0.15) is 0 Å². The third-order valence-corrected chi connectivity index (χ3v) is 2.05. The van der Waals surface area contributed by atoms with Crippen molar-refractivity contribution >= 4 is 23.4 Å². The lowest BCUT2D eigenvalue weighted by Gasteiger charge is -1.99. The monoisotopic (exact) mass is 227 g/mol. The lowest BCUT2D eigenvalue weighted by molar-refractivity contribution is -0.137. The Labute approximate surface area is 91.9 Å². The number of pyridine rings is 1. The zero-order valence-corrected chi connectivity index (χ0v) is 8.70. The van der Waals surface area contributed by atoms with Crippen molar-refractivity contribution in [3.05, 3.63) is 29.0 Å². The van der Waals surface area contributed by atoms with Gasteiger partial charge in [0.15, 0.2) is 5.78 Å². The van der Waals surface area contributed by atoms with Gasteiger partial charge in [0.25, 0.3) is 0 Å². The number of carboxylic acids is 1. The van der Waals surface area contributed by atoms with Gasteiger partial charge in [0, 0.05) is 24.6 Å². The molecule has 0 unspecified atom stereocenters. The van der Waals surface area contributed by atoms with Crippen LogP contribution in [0.5, 0.6) is 0 Å². The first kappa shape index (κ1) is 11.7. The van der Waals surface area contributed by atoms with E-state index in [0.29, 0.717) is 12.0 Å². The summed E-state index contributed by atoms with van der Waals surface area (Å²) in [5, 5.41) is 8.66. The number of carboxylic acid groups (broad SMARTS) is 1. The van der Waals surface area contributed by atoms with Gasteiger partial charge in [-0.05, 0) is 18.6 Å². The van der Waals surface area contributed by atoms with Crippen molar-refractivity contribution in [2.24, 2.45) is 0 Å². The van der Waals surface area contributed by atoms with Gasteiger partial charge in [0.05, 0.1) is 0 Å². The second-order valence-electron chi connectivity index (χ2n) is 3.04. The molecular weight excluding hydrogens is 218 g/mol. The number of carbonyl (C=O) groups excluding carboxylic acids is 1. The van der Waals surface area contributed by atoms with Crippen LogP contribution in [0.25, 0.3) is 0 Å². The minimum atomic E-state index is -0.893. The molecule has 0 spiro atoms. The number of rotatable bonds is 5. The smallest absolute Gasteiger partial charge is 0.303 e. The van der Waals surface area contributed by atoms with Gasteiger partial charge in [-0.1, -0.05) is 11.6 Å². The molecule has 0 aliphatic carbocycles. The molecule has 5 heteroatoms. The van der Waals surface area contributed by atoms with Crippen LogP contribution in [0.15, 0.2) is 18.3 Å². The van der Waals surface area contributed by atoms with Crippen LogP contribution in [0.3, 0.4) is 0 Å². The summed E-state index contributed by atoms with van der Waals surface area (Å²) in [4.78, 5) is 25.5. The average molecular weight is 228 g/mol. The zero-order chi connectivity index (χ0) is 11.3. The summed E-state index contributed by atoms with van der Waals surface area (Å²) in [7, 11) is 0. The number of aromatic nitrogens is 1.